The Morgan fingerprint density at radius 3 is 2.78 bits per heavy atom. The lowest BCUT2D eigenvalue weighted by atomic mass is 10.2. The van der Waals surface area contributed by atoms with Crippen molar-refractivity contribution in [2.24, 2.45) is 5.10 Å². The lowest BCUT2D eigenvalue weighted by Gasteiger charge is -2.04. The van der Waals surface area contributed by atoms with Crippen molar-refractivity contribution in [1.82, 2.24) is 10.4 Å². The van der Waals surface area contributed by atoms with Crippen LogP contribution in [0.25, 0.3) is 10.9 Å². The fourth-order valence-corrected chi connectivity index (χ4v) is 2.16. The largest absolute Gasteiger partial charge is 0.376 e. The van der Waals surface area contributed by atoms with Gasteiger partial charge in [0.05, 0.1) is 12.8 Å². The maximum atomic E-state index is 12.8. The number of hydrazone groups is 1. The van der Waals surface area contributed by atoms with Gasteiger partial charge in [0.2, 0.25) is 0 Å². The summed E-state index contributed by atoms with van der Waals surface area (Å²) in [4.78, 5) is 14.8. The van der Waals surface area contributed by atoms with Crippen LogP contribution in [0.15, 0.2) is 59.8 Å². The number of carbonyl (C=O) groups is 1. The minimum absolute atomic E-state index is 0.0524. The van der Waals surface area contributed by atoms with Crippen LogP contribution in [0.2, 0.25) is 0 Å². The first-order chi connectivity index (χ1) is 11.2. The van der Waals surface area contributed by atoms with E-state index >= 15 is 0 Å². The van der Waals surface area contributed by atoms with Crippen molar-refractivity contribution in [2.75, 3.05) is 11.9 Å². The zero-order valence-corrected chi connectivity index (χ0v) is 12.2. The first-order valence-corrected chi connectivity index (χ1v) is 7.10. The summed E-state index contributed by atoms with van der Waals surface area (Å²) < 4.78 is 12.8. The summed E-state index contributed by atoms with van der Waals surface area (Å²) >= 11 is 0. The molecular weight excluding hydrogens is 295 g/mol. The van der Waals surface area contributed by atoms with Gasteiger partial charge in [-0.3, -0.25) is 4.79 Å². The van der Waals surface area contributed by atoms with Crippen molar-refractivity contribution in [2.45, 2.75) is 0 Å². The van der Waals surface area contributed by atoms with Crippen LogP contribution in [0.3, 0.4) is 0 Å². The molecule has 0 bridgehead atoms. The topological polar surface area (TPSA) is 69.3 Å². The first-order valence-electron chi connectivity index (χ1n) is 7.10. The number of carbonyl (C=O) groups excluding carboxylic acids is 1. The molecule has 1 heterocycles. The van der Waals surface area contributed by atoms with Gasteiger partial charge >= 0.3 is 0 Å². The molecule has 116 valence electrons. The standard InChI is InChI=1S/C17H15FN4O/c18-13-5-7-14(8-6-13)19-11-17(23)22-21-10-12-9-20-16-4-2-1-3-15(12)16/h1-10,19-20H,11H2,(H,22,23)/b21-10+. The van der Waals surface area contributed by atoms with Crippen LogP contribution in [0, 0.1) is 5.82 Å². The quantitative estimate of drug-likeness (QED) is 0.501. The van der Waals surface area contributed by atoms with Crippen molar-refractivity contribution in [1.29, 1.82) is 0 Å². The third-order valence-electron chi connectivity index (χ3n) is 3.31. The Morgan fingerprint density at radius 1 is 1.17 bits per heavy atom. The van der Waals surface area contributed by atoms with Gasteiger partial charge in [-0.1, -0.05) is 18.2 Å². The number of amides is 1. The molecule has 0 aliphatic heterocycles. The summed E-state index contributed by atoms with van der Waals surface area (Å²) in [5.74, 6) is -0.603. The number of nitrogens with one attached hydrogen (secondary N) is 3. The first kappa shape index (κ1) is 14.8. The summed E-state index contributed by atoms with van der Waals surface area (Å²) in [6.45, 7) is 0.0524. The van der Waals surface area contributed by atoms with Crippen LogP contribution >= 0.6 is 0 Å². The molecule has 0 fully saturated rings. The Balaban J connectivity index is 1.53. The fraction of sp³-hybridized carbons (Fsp3) is 0.0588. The monoisotopic (exact) mass is 310 g/mol. The summed E-state index contributed by atoms with van der Waals surface area (Å²) in [7, 11) is 0. The minimum atomic E-state index is -0.316. The molecule has 1 aromatic heterocycles. The van der Waals surface area contributed by atoms with Crippen molar-refractivity contribution >= 4 is 28.7 Å². The van der Waals surface area contributed by atoms with E-state index in [9.17, 15) is 9.18 Å². The Labute approximate surface area is 132 Å². The number of para-hydroxylation sites is 1. The zero-order chi connectivity index (χ0) is 16.1. The molecule has 3 rings (SSSR count). The normalized spacial score (nSPS) is 11.0. The van der Waals surface area contributed by atoms with E-state index in [4.69, 9.17) is 0 Å². The number of anilines is 1. The number of halogens is 1. The van der Waals surface area contributed by atoms with Gasteiger partial charge in [-0.25, -0.2) is 9.82 Å². The highest BCUT2D eigenvalue weighted by Gasteiger charge is 2.01. The molecule has 3 N–H and O–H groups in total. The van der Waals surface area contributed by atoms with Gasteiger partial charge in [-0.15, -0.1) is 0 Å². The second kappa shape index (κ2) is 6.74. The second-order valence-corrected chi connectivity index (χ2v) is 4.94. The highest BCUT2D eigenvalue weighted by Crippen LogP contribution is 2.15. The van der Waals surface area contributed by atoms with Gasteiger partial charge in [0.1, 0.15) is 5.82 Å². The summed E-state index contributed by atoms with van der Waals surface area (Å²) in [5.41, 5.74) is 5.02. The molecule has 0 unspecified atom stereocenters. The predicted octanol–water partition coefficient (Wildman–Crippen LogP) is 2.87. The maximum absolute atomic E-state index is 12.8. The predicted molar refractivity (Wildman–Crippen MR) is 88.9 cm³/mol. The Hall–Kier alpha value is -3.15. The molecule has 23 heavy (non-hydrogen) atoms. The molecule has 5 nitrogen and oxygen atoms in total. The van der Waals surface area contributed by atoms with E-state index < -0.39 is 0 Å². The Morgan fingerprint density at radius 2 is 1.96 bits per heavy atom. The number of H-pyrrole nitrogens is 1. The second-order valence-electron chi connectivity index (χ2n) is 4.94. The third-order valence-corrected chi connectivity index (χ3v) is 3.31. The molecule has 3 aromatic rings. The fourth-order valence-electron chi connectivity index (χ4n) is 2.16. The van der Waals surface area contributed by atoms with E-state index in [2.05, 4.69) is 20.8 Å². The van der Waals surface area contributed by atoms with Gasteiger partial charge in [0, 0.05) is 28.4 Å². The third kappa shape index (κ3) is 3.74. The van der Waals surface area contributed by atoms with Crippen molar-refractivity contribution in [3.63, 3.8) is 0 Å². The number of benzene rings is 2. The number of aromatic nitrogens is 1. The van der Waals surface area contributed by atoms with Crippen LogP contribution < -0.4 is 10.7 Å². The molecule has 0 aliphatic carbocycles. The van der Waals surface area contributed by atoms with E-state index in [1.54, 1.807) is 18.3 Å². The smallest absolute Gasteiger partial charge is 0.259 e. The van der Waals surface area contributed by atoms with Gasteiger partial charge < -0.3 is 10.3 Å². The van der Waals surface area contributed by atoms with Crippen LogP contribution in [0.1, 0.15) is 5.56 Å². The number of nitrogens with zero attached hydrogens (tertiary/aromatic N) is 1. The van der Waals surface area contributed by atoms with Crippen molar-refractivity contribution < 1.29 is 9.18 Å². The van der Waals surface area contributed by atoms with E-state index in [1.165, 1.54) is 12.1 Å². The summed E-state index contributed by atoms with van der Waals surface area (Å²) in [6.07, 6.45) is 3.42. The molecule has 1 amide bonds. The van der Waals surface area contributed by atoms with Crippen molar-refractivity contribution in [3.05, 3.63) is 66.1 Å². The number of fused-ring (bicyclic) bond motifs is 1. The number of aromatic amines is 1. The van der Waals surface area contributed by atoms with Gasteiger partial charge in [0.25, 0.3) is 5.91 Å². The average Bonchev–Trinajstić information content (AvgIpc) is 2.98. The highest BCUT2D eigenvalue weighted by atomic mass is 19.1. The van der Waals surface area contributed by atoms with E-state index in [1.807, 2.05) is 30.5 Å². The van der Waals surface area contributed by atoms with Gasteiger partial charge in [-0.05, 0) is 30.3 Å². The molecule has 0 spiro atoms. The van der Waals surface area contributed by atoms with Crippen LogP contribution in [0.5, 0.6) is 0 Å². The molecule has 0 radical (unpaired) electrons. The Bertz CT molecular complexity index is 839. The van der Waals surface area contributed by atoms with Gasteiger partial charge in [0.15, 0.2) is 0 Å². The SMILES string of the molecule is O=C(CNc1ccc(F)cc1)N/N=C/c1c[nH]c2ccccc12. The van der Waals surface area contributed by atoms with Crippen molar-refractivity contribution in [3.8, 4) is 0 Å². The molecule has 0 saturated carbocycles. The molecule has 0 aliphatic rings. The zero-order valence-electron chi connectivity index (χ0n) is 12.2. The van der Waals surface area contributed by atoms with Crippen LogP contribution in [-0.2, 0) is 4.79 Å². The lowest BCUT2D eigenvalue weighted by molar-refractivity contribution is -0.119. The summed E-state index contributed by atoms with van der Waals surface area (Å²) in [5, 5.41) is 7.87. The number of rotatable bonds is 5. The van der Waals surface area contributed by atoms with Crippen LogP contribution in [-0.4, -0.2) is 23.7 Å². The number of hydrogen-bond donors (Lipinski definition) is 3. The van der Waals surface area contributed by atoms with Gasteiger partial charge in [-0.2, -0.15) is 5.10 Å². The van der Waals surface area contributed by atoms with Crippen LogP contribution in [0.4, 0.5) is 10.1 Å². The molecule has 2 aromatic carbocycles. The Kier molecular flexibility index (Phi) is 4.33. The molecule has 0 saturated heterocycles. The summed E-state index contributed by atoms with van der Waals surface area (Å²) in [6, 6.07) is 13.6. The highest BCUT2D eigenvalue weighted by molar-refractivity contribution is 5.99. The molecule has 6 heteroatoms. The molecular formula is C17H15FN4O. The van der Waals surface area contributed by atoms with E-state index in [-0.39, 0.29) is 18.3 Å². The van der Waals surface area contributed by atoms with E-state index in [0.29, 0.717) is 5.69 Å². The average molecular weight is 310 g/mol. The minimum Gasteiger partial charge on any atom is -0.376 e. The van der Waals surface area contributed by atoms with E-state index in [0.717, 1.165) is 16.5 Å². The number of hydrogen-bond acceptors (Lipinski definition) is 3. The molecule has 0 atom stereocenters. The lowest BCUT2D eigenvalue weighted by Crippen LogP contribution is -2.25. The maximum Gasteiger partial charge on any atom is 0.259 e.